The zero-order valence-corrected chi connectivity index (χ0v) is 9.45. The van der Waals surface area contributed by atoms with E-state index in [4.69, 9.17) is 0 Å². The second-order valence-corrected chi connectivity index (χ2v) is 4.25. The third-order valence-electron chi connectivity index (χ3n) is 2.41. The number of anilines is 1. The molecular weight excluding hydrogens is 190 g/mol. The molecule has 0 saturated heterocycles. The highest BCUT2D eigenvalue weighted by Crippen LogP contribution is 2.31. The Kier molecular flexibility index (Phi) is 2.73. The normalized spacial score (nSPS) is 10.7. The third-order valence-corrected chi connectivity index (χ3v) is 3.38. The smallest absolute Gasteiger partial charge is 0.0962 e. The van der Waals surface area contributed by atoms with Gasteiger partial charge in [-0.05, 0) is 30.4 Å². The summed E-state index contributed by atoms with van der Waals surface area (Å²) >= 11 is 1.80. The van der Waals surface area contributed by atoms with Crippen LogP contribution in [0.15, 0.2) is 23.6 Å². The van der Waals surface area contributed by atoms with Crippen molar-refractivity contribution in [3.63, 3.8) is 0 Å². The molecule has 74 valence electrons. The van der Waals surface area contributed by atoms with Gasteiger partial charge in [-0.1, -0.05) is 19.1 Å². The molecule has 1 aromatic heterocycles. The van der Waals surface area contributed by atoms with E-state index in [1.54, 1.807) is 11.3 Å². The van der Waals surface area contributed by atoms with Crippen LogP contribution >= 0.6 is 11.3 Å². The van der Waals surface area contributed by atoms with Crippen LogP contribution in [0.2, 0.25) is 0 Å². The van der Waals surface area contributed by atoms with Crippen molar-refractivity contribution in [2.45, 2.75) is 20.3 Å². The molecule has 0 amide bonds. The molecule has 2 heteroatoms. The summed E-state index contributed by atoms with van der Waals surface area (Å²) in [4.78, 5) is 0. The lowest BCUT2D eigenvalue weighted by Gasteiger charge is -2.01. The van der Waals surface area contributed by atoms with Crippen LogP contribution in [0.1, 0.15) is 19.4 Å². The molecule has 1 nitrogen and oxygen atoms in total. The summed E-state index contributed by atoms with van der Waals surface area (Å²) in [5, 5.41) is 9.64. The Morgan fingerprint density at radius 1 is 1.29 bits per heavy atom. The molecule has 0 fully saturated rings. The second-order valence-electron chi connectivity index (χ2n) is 3.37. The summed E-state index contributed by atoms with van der Waals surface area (Å²) in [6, 6.07) is 6.72. The number of aryl methyl sites for hydroxylation is 1. The van der Waals surface area contributed by atoms with Gasteiger partial charge in [0.2, 0.25) is 0 Å². The summed E-state index contributed by atoms with van der Waals surface area (Å²) in [6.45, 7) is 5.32. The predicted molar refractivity (Wildman–Crippen MR) is 65.4 cm³/mol. The molecule has 1 aromatic carbocycles. The lowest BCUT2D eigenvalue weighted by molar-refractivity contribution is 1.15. The molecular formula is C12H15NS. The van der Waals surface area contributed by atoms with Crippen LogP contribution in [-0.4, -0.2) is 6.54 Å². The first-order chi connectivity index (χ1) is 6.85. The SMILES string of the molecule is CCNc1scc2ccc(CC)cc12. The van der Waals surface area contributed by atoms with Gasteiger partial charge in [-0.15, -0.1) is 11.3 Å². The minimum atomic E-state index is 0.992. The van der Waals surface area contributed by atoms with E-state index in [2.05, 4.69) is 42.7 Å². The molecule has 1 heterocycles. The first-order valence-corrected chi connectivity index (χ1v) is 5.97. The van der Waals surface area contributed by atoms with Crippen molar-refractivity contribution in [2.24, 2.45) is 0 Å². The Balaban J connectivity index is 2.52. The number of benzene rings is 1. The highest BCUT2D eigenvalue weighted by Gasteiger charge is 2.03. The standard InChI is InChI=1S/C12H15NS/c1-3-9-5-6-10-8-14-12(13-4-2)11(10)7-9/h5-8,13H,3-4H2,1-2H3. The molecule has 0 radical (unpaired) electrons. The zero-order chi connectivity index (χ0) is 9.97. The van der Waals surface area contributed by atoms with E-state index in [-0.39, 0.29) is 0 Å². The lowest BCUT2D eigenvalue weighted by atomic mass is 10.1. The van der Waals surface area contributed by atoms with Gasteiger partial charge in [-0.2, -0.15) is 0 Å². The van der Waals surface area contributed by atoms with Crippen LogP contribution in [-0.2, 0) is 6.42 Å². The number of nitrogens with one attached hydrogen (secondary N) is 1. The average Bonchev–Trinajstić information content (AvgIpc) is 2.61. The molecule has 1 N–H and O–H groups in total. The molecule has 0 bridgehead atoms. The first-order valence-electron chi connectivity index (χ1n) is 5.09. The van der Waals surface area contributed by atoms with Gasteiger partial charge in [0.15, 0.2) is 0 Å². The highest BCUT2D eigenvalue weighted by atomic mass is 32.1. The number of fused-ring (bicyclic) bond motifs is 1. The monoisotopic (exact) mass is 205 g/mol. The Bertz CT molecular complexity index is 431. The Morgan fingerprint density at radius 3 is 2.86 bits per heavy atom. The Hall–Kier alpha value is -1.02. The van der Waals surface area contributed by atoms with E-state index >= 15 is 0 Å². The summed E-state index contributed by atoms with van der Waals surface area (Å²) < 4.78 is 0. The molecule has 2 aromatic rings. The van der Waals surface area contributed by atoms with Crippen LogP contribution in [0.4, 0.5) is 5.00 Å². The van der Waals surface area contributed by atoms with E-state index < -0.39 is 0 Å². The van der Waals surface area contributed by atoms with Crippen molar-refractivity contribution in [1.29, 1.82) is 0 Å². The molecule has 0 unspecified atom stereocenters. The van der Waals surface area contributed by atoms with Gasteiger partial charge in [0.1, 0.15) is 0 Å². The molecule has 14 heavy (non-hydrogen) atoms. The maximum atomic E-state index is 3.40. The van der Waals surface area contributed by atoms with E-state index in [1.165, 1.54) is 21.3 Å². The summed E-state index contributed by atoms with van der Waals surface area (Å²) in [5.41, 5.74) is 1.41. The van der Waals surface area contributed by atoms with Crippen LogP contribution < -0.4 is 5.32 Å². The minimum absolute atomic E-state index is 0.992. The molecule has 0 aliphatic carbocycles. The van der Waals surface area contributed by atoms with Gasteiger partial charge < -0.3 is 5.32 Å². The van der Waals surface area contributed by atoms with Crippen LogP contribution in [0.3, 0.4) is 0 Å². The van der Waals surface area contributed by atoms with E-state index in [0.29, 0.717) is 0 Å². The van der Waals surface area contributed by atoms with Gasteiger partial charge in [-0.3, -0.25) is 0 Å². The molecule has 0 aliphatic heterocycles. The summed E-state index contributed by atoms with van der Waals surface area (Å²) in [7, 11) is 0. The molecule has 0 aliphatic rings. The number of hydrogen-bond donors (Lipinski definition) is 1. The van der Waals surface area contributed by atoms with Crippen molar-refractivity contribution in [3.05, 3.63) is 29.1 Å². The van der Waals surface area contributed by atoms with Crippen molar-refractivity contribution in [1.82, 2.24) is 0 Å². The molecule has 0 saturated carbocycles. The zero-order valence-electron chi connectivity index (χ0n) is 8.63. The molecule has 2 rings (SSSR count). The molecule has 0 atom stereocenters. The predicted octanol–water partition coefficient (Wildman–Crippen LogP) is 3.90. The van der Waals surface area contributed by atoms with Crippen molar-refractivity contribution in [2.75, 3.05) is 11.9 Å². The van der Waals surface area contributed by atoms with E-state index in [0.717, 1.165) is 13.0 Å². The lowest BCUT2D eigenvalue weighted by Crippen LogP contribution is -1.93. The fourth-order valence-electron chi connectivity index (χ4n) is 1.61. The van der Waals surface area contributed by atoms with Gasteiger partial charge in [0.25, 0.3) is 0 Å². The second kappa shape index (κ2) is 4.01. The van der Waals surface area contributed by atoms with Crippen LogP contribution in [0.5, 0.6) is 0 Å². The van der Waals surface area contributed by atoms with Gasteiger partial charge in [-0.25, -0.2) is 0 Å². The highest BCUT2D eigenvalue weighted by molar-refractivity contribution is 7.16. The quantitative estimate of drug-likeness (QED) is 0.801. The fraction of sp³-hybridized carbons (Fsp3) is 0.333. The maximum Gasteiger partial charge on any atom is 0.0962 e. The van der Waals surface area contributed by atoms with Gasteiger partial charge in [0, 0.05) is 17.3 Å². The largest absolute Gasteiger partial charge is 0.377 e. The van der Waals surface area contributed by atoms with Crippen LogP contribution in [0, 0.1) is 0 Å². The van der Waals surface area contributed by atoms with E-state index in [1.807, 2.05) is 0 Å². The summed E-state index contributed by atoms with van der Waals surface area (Å²) in [5.74, 6) is 0. The van der Waals surface area contributed by atoms with Gasteiger partial charge >= 0.3 is 0 Å². The fourth-order valence-corrected chi connectivity index (χ4v) is 2.59. The van der Waals surface area contributed by atoms with Crippen molar-refractivity contribution >= 4 is 27.1 Å². The Labute approximate surface area is 88.8 Å². The van der Waals surface area contributed by atoms with E-state index in [9.17, 15) is 0 Å². The summed E-state index contributed by atoms with van der Waals surface area (Å²) in [6.07, 6.45) is 1.11. The van der Waals surface area contributed by atoms with Crippen molar-refractivity contribution < 1.29 is 0 Å². The average molecular weight is 205 g/mol. The van der Waals surface area contributed by atoms with Crippen molar-refractivity contribution in [3.8, 4) is 0 Å². The Morgan fingerprint density at radius 2 is 2.14 bits per heavy atom. The van der Waals surface area contributed by atoms with Crippen LogP contribution in [0.25, 0.3) is 10.8 Å². The number of rotatable bonds is 3. The maximum absolute atomic E-state index is 3.40. The number of thiophene rings is 1. The molecule has 0 spiro atoms. The minimum Gasteiger partial charge on any atom is -0.377 e. The topological polar surface area (TPSA) is 12.0 Å². The van der Waals surface area contributed by atoms with Gasteiger partial charge in [0.05, 0.1) is 5.00 Å². The third kappa shape index (κ3) is 1.62. The first kappa shape index (κ1) is 9.53. The number of hydrogen-bond acceptors (Lipinski definition) is 2.